The Hall–Kier alpha value is -1.83. The molecule has 18 heavy (non-hydrogen) atoms. The van der Waals surface area contributed by atoms with E-state index in [9.17, 15) is 4.79 Å². The molecule has 1 aromatic carbocycles. The average molecular weight is 245 g/mol. The Labute approximate surface area is 108 Å². The molecule has 0 aromatic heterocycles. The minimum atomic E-state index is -0.0386. The molecule has 0 saturated carbocycles. The van der Waals surface area contributed by atoms with Crippen LogP contribution in [0, 0.1) is 18.8 Å². The van der Waals surface area contributed by atoms with Gasteiger partial charge < -0.3 is 16.0 Å². The van der Waals surface area contributed by atoms with E-state index in [4.69, 9.17) is 5.73 Å². The number of amides is 1. The van der Waals surface area contributed by atoms with Crippen molar-refractivity contribution in [3.8, 4) is 11.8 Å². The zero-order chi connectivity index (χ0) is 13.5. The molecule has 0 aliphatic rings. The topological polar surface area (TPSA) is 58.4 Å². The van der Waals surface area contributed by atoms with Gasteiger partial charge in [-0.1, -0.05) is 11.8 Å². The van der Waals surface area contributed by atoms with Crippen LogP contribution in [-0.4, -0.2) is 38.0 Å². The van der Waals surface area contributed by atoms with Gasteiger partial charge in [0.05, 0.1) is 13.1 Å². The molecule has 0 unspecified atom stereocenters. The minimum absolute atomic E-state index is 0.0386. The van der Waals surface area contributed by atoms with Gasteiger partial charge in [0, 0.05) is 11.3 Å². The van der Waals surface area contributed by atoms with E-state index in [2.05, 4.69) is 17.2 Å². The van der Waals surface area contributed by atoms with E-state index in [1.54, 1.807) is 0 Å². The number of anilines is 1. The predicted octanol–water partition coefficient (Wildman–Crippen LogP) is 0.805. The molecule has 0 fully saturated rings. The summed E-state index contributed by atoms with van der Waals surface area (Å²) in [6.07, 6.45) is 0. The molecule has 3 N–H and O–H groups in total. The third-order valence-corrected chi connectivity index (χ3v) is 2.16. The molecule has 0 heterocycles. The maximum atomic E-state index is 11.7. The standard InChI is InChI=1S/C14H19N3O/c1-11-7-12(5-4-6-15)9-13(8-11)16-14(18)10-17(2)3/h7-9H,6,10,15H2,1-3H3,(H,16,18). The number of likely N-dealkylation sites (N-methyl/N-ethyl adjacent to an activating group) is 1. The first-order chi connectivity index (χ1) is 8.51. The molecule has 0 spiro atoms. The minimum Gasteiger partial charge on any atom is -0.325 e. The fourth-order valence-corrected chi connectivity index (χ4v) is 1.57. The third kappa shape index (κ3) is 5.00. The van der Waals surface area contributed by atoms with Gasteiger partial charge >= 0.3 is 0 Å². The van der Waals surface area contributed by atoms with Gasteiger partial charge in [0.1, 0.15) is 0 Å². The summed E-state index contributed by atoms with van der Waals surface area (Å²) in [4.78, 5) is 13.5. The normalized spacial score (nSPS) is 9.83. The van der Waals surface area contributed by atoms with Crippen LogP contribution >= 0.6 is 0 Å². The van der Waals surface area contributed by atoms with Crippen molar-refractivity contribution < 1.29 is 4.79 Å². The Morgan fingerprint density at radius 2 is 2.11 bits per heavy atom. The lowest BCUT2D eigenvalue weighted by Gasteiger charge is -2.11. The molecule has 4 nitrogen and oxygen atoms in total. The smallest absolute Gasteiger partial charge is 0.238 e. The summed E-state index contributed by atoms with van der Waals surface area (Å²) in [6.45, 7) is 2.66. The van der Waals surface area contributed by atoms with E-state index in [-0.39, 0.29) is 5.91 Å². The lowest BCUT2D eigenvalue weighted by Crippen LogP contribution is -2.27. The van der Waals surface area contributed by atoms with Crippen LogP contribution in [0.5, 0.6) is 0 Å². The maximum Gasteiger partial charge on any atom is 0.238 e. The molecule has 96 valence electrons. The Bertz CT molecular complexity index is 484. The van der Waals surface area contributed by atoms with Gasteiger partial charge in [0.2, 0.25) is 5.91 Å². The highest BCUT2D eigenvalue weighted by Crippen LogP contribution is 2.13. The molecule has 0 aliphatic carbocycles. The molecule has 1 rings (SSSR count). The highest BCUT2D eigenvalue weighted by molar-refractivity contribution is 5.92. The molecule has 1 amide bonds. The quantitative estimate of drug-likeness (QED) is 0.775. The number of benzene rings is 1. The largest absolute Gasteiger partial charge is 0.325 e. The van der Waals surface area contributed by atoms with Crippen molar-refractivity contribution in [3.05, 3.63) is 29.3 Å². The van der Waals surface area contributed by atoms with E-state index in [0.717, 1.165) is 16.8 Å². The van der Waals surface area contributed by atoms with Crippen LogP contribution in [0.2, 0.25) is 0 Å². The second-order valence-corrected chi connectivity index (χ2v) is 4.38. The molecule has 1 aromatic rings. The van der Waals surface area contributed by atoms with Crippen molar-refractivity contribution >= 4 is 11.6 Å². The molecule has 0 atom stereocenters. The van der Waals surface area contributed by atoms with E-state index < -0.39 is 0 Å². The Morgan fingerprint density at radius 1 is 1.39 bits per heavy atom. The number of carbonyl (C=O) groups is 1. The summed E-state index contributed by atoms with van der Waals surface area (Å²) in [5.74, 6) is 5.73. The summed E-state index contributed by atoms with van der Waals surface area (Å²) in [5, 5.41) is 2.85. The molecule has 0 saturated heterocycles. The summed E-state index contributed by atoms with van der Waals surface area (Å²) in [5.41, 5.74) is 8.02. The van der Waals surface area contributed by atoms with Crippen molar-refractivity contribution in [2.75, 3.05) is 32.5 Å². The van der Waals surface area contributed by atoms with E-state index in [0.29, 0.717) is 13.1 Å². The number of hydrogen-bond donors (Lipinski definition) is 2. The fourth-order valence-electron chi connectivity index (χ4n) is 1.57. The molecule has 0 bridgehead atoms. The van der Waals surface area contributed by atoms with Crippen molar-refractivity contribution in [1.29, 1.82) is 0 Å². The van der Waals surface area contributed by atoms with E-state index >= 15 is 0 Å². The number of nitrogens with zero attached hydrogens (tertiary/aromatic N) is 1. The van der Waals surface area contributed by atoms with Crippen molar-refractivity contribution in [2.24, 2.45) is 5.73 Å². The van der Waals surface area contributed by atoms with Crippen LogP contribution in [0.25, 0.3) is 0 Å². The molecule has 0 radical (unpaired) electrons. The van der Waals surface area contributed by atoms with Gasteiger partial charge in [-0.15, -0.1) is 0 Å². The highest BCUT2D eigenvalue weighted by Gasteiger charge is 2.04. The first-order valence-corrected chi connectivity index (χ1v) is 5.76. The Kier molecular flexibility index (Phi) is 5.37. The monoisotopic (exact) mass is 245 g/mol. The van der Waals surface area contributed by atoms with E-state index in [1.165, 1.54) is 0 Å². The van der Waals surface area contributed by atoms with Crippen LogP contribution in [0.15, 0.2) is 18.2 Å². The number of carbonyl (C=O) groups excluding carboxylic acids is 1. The number of rotatable bonds is 3. The predicted molar refractivity (Wildman–Crippen MR) is 74.3 cm³/mol. The van der Waals surface area contributed by atoms with Crippen LogP contribution in [-0.2, 0) is 4.79 Å². The number of hydrogen-bond acceptors (Lipinski definition) is 3. The summed E-state index contributed by atoms with van der Waals surface area (Å²) >= 11 is 0. The van der Waals surface area contributed by atoms with Crippen LogP contribution in [0.1, 0.15) is 11.1 Å². The second kappa shape index (κ2) is 6.80. The van der Waals surface area contributed by atoms with Crippen LogP contribution in [0.4, 0.5) is 5.69 Å². The second-order valence-electron chi connectivity index (χ2n) is 4.38. The maximum absolute atomic E-state index is 11.7. The molecular formula is C14H19N3O. The fraction of sp³-hybridized carbons (Fsp3) is 0.357. The van der Waals surface area contributed by atoms with Gasteiger partial charge in [-0.05, 0) is 44.8 Å². The first kappa shape index (κ1) is 14.2. The van der Waals surface area contributed by atoms with Crippen LogP contribution < -0.4 is 11.1 Å². The van der Waals surface area contributed by atoms with Crippen molar-refractivity contribution in [2.45, 2.75) is 6.92 Å². The summed E-state index contributed by atoms with van der Waals surface area (Å²) < 4.78 is 0. The Balaban J connectivity index is 2.83. The van der Waals surface area contributed by atoms with E-state index in [1.807, 2.05) is 44.1 Å². The summed E-state index contributed by atoms with van der Waals surface area (Å²) in [6, 6.07) is 5.73. The average Bonchev–Trinajstić information content (AvgIpc) is 2.24. The highest BCUT2D eigenvalue weighted by atomic mass is 16.2. The number of nitrogens with one attached hydrogen (secondary N) is 1. The Morgan fingerprint density at radius 3 is 2.72 bits per heavy atom. The SMILES string of the molecule is Cc1cc(C#CCN)cc(NC(=O)CN(C)C)c1. The molecular weight excluding hydrogens is 226 g/mol. The number of aryl methyl sites for hydroxylation is 1. The molecule has 4 heteroatoms. The van der Waals surface area contributed by atoms with Crippen molar-refractivity contribution in [1.82, 2.24) is 4.90 Å². The lowest BCUT2D eigenvalue weighted by atomic mass is 10.1. The van der Waals surface area contributed by atoms with Gasteiger partial charge in [0.25, 0.3) is 0 Å². The molecule has 0 aliphatic heterocycles. The zero-order valence-electron chi connectivity index (χ0n) is 11.1. The van der Waals surface area contributed by atoms with Gasteiger partial charge in [-0.3, -0.25) is 4.79 Å². The van der Waals surface area contributed by atoms with Gasteiger partial charge in [-0.2, -0.15) is 0 Å². The summed E-state index contributed by atoms with van der Waals surface area (Å²) in [7, 11) is 3.71. The van der Waals surface area contributed by atoms with Crippen LogP contribution in [0.3, 0.4) is 0 Å². The third-order valence-electron chi connectivity index (χ3n) is 2.16. The zero-order valence-corrected chi connectivity index (χ0v) is 11.1. The first-order valence-electron chi connectivity index (χ1n) is 5.76. The lowest BCUT2D eigenvalue weighted by molar-refractivity contribution is -0.116. The van der Waals surface area contributed by atoms with Gasteiger partial charge in [-0.25, -0.2) is 0 Å². The number of nitrogens with two attached hydrogens (primary N) is 1. The van der Waals surface area contributed by atoms with Crippen molar-refractivity contribution in [3.63, 3.8) is 0 Å². The van der Waals surface area contributed by atoms with Gasteiger partial charge in [0.15, 0.2) is 0 Å².